The number of nitrogens with one attached hydrogen (secondary N) is 1. The SMILES string of the molecule is COCCOC(=O)C1=C(C)NC2=C(C(=O)CC(c3ccc(OC)c(OC)c3)C2)C1c1cccc(OC)c1OC. The Balaban J connectivity index is 1.81. The number of allylic oxidation sites excluding steroid dienone is 3. The summed E-state index contributed by atoms with van der Waals surface area (Å²) in [6.07, 6.45) is 0.840. The number of carbonyl (C=O) groups is 2. The number of carbonyl (C=O) groups excluding carboxylic acids is 2. The zero-order valence-corrected chi connectivity index (χ0v) is 23.2. The van der Waals surface area contributed by atoms with Crippen LogP contribution in [0.15, 0.2) is 58.9 Å². The molecule has 208 valence electrons. The number of rotatable bonds is 10. The van der Waals surface area contributed by atoms with Crippen molar-refractivity contribution in [2.45, 2.75) is 31.6 Å². The van der Waals surface area contributed by atoms with Gasteiger partial charge in [0.25, 0.3) is 0 Å². The first-order valence-corrected chi connectivity index (χ1v) is 12.7. The van der Waals surface area contributed by atoms with Crippen LogP contribution in [-0.4, -0.2) is 60.5 Å². The second-order valence-electron chi connectivity index (χ2n) is 9.34. The first-order chi connectivity index (χ1) is 18.9. The van der Waals surface area contributed by atoms with Crippen molar-refractivity contribution in [3.8, 4) is 23.0 Å². The average molecular weight is 538 g/mol. The van der Waals surface area contributed by atoms with E-state index in [1.54, 1.807) is 34.5 Å². The summed E-state index contributed by atoms with van der Waals surface area (Å²) in [6, 6.07) is 11.2. The van der Waals surface area contributed by atoms with Crippen molar-refractivity contribution in [3.05, 3.63) is 70.1 Å². The quantitative estimate of drug-likeness (QED) is 0.352. The maximum atomic E-state index is 13.9. The summed E-state index contributed by atoms with van der Waals surface area (Å²) in [5.74, 6) is 0.839. The topological polar surface area (TPSA) is 102 Å². The van der Waals surface area contributed by atoms with Crippen molar-refractivity contribution in [1.82, 2.24) is 5.32 Å². The Kier molecular flexibility index (Phi) is 8.81. The molecule has 1 heterocycles. The van der Waals surface area contributed by atoms with Gasteiger partial charge < -0.3 is 33.7 Å². The van der Waals surface area contributed by atoms with Gasteiger partial charge in [-0.3, -0.25) is 4.79 Å². The molecule has 0 fully saturated rings. The number of benzene rings is 2. The van der Waals surface area contributed by atoms with Gasteiger partial charge in [0.1, 0.15) is 6.61 Å². The third kappa shape index (κ3) is 5.45. The van der Waals surface area contributed by atoms with E-state index in [1.807, 2.05) is 37.3 Å². The highest BCUT2D eigenvalue weighted by molar-refractivity contribution is 6.04. The fourth-order valence-electron chi connectivity index (χ4n) is 5.40. The predicted molar refractivity (Wildman–Crippen MR) is 145 cm³/mol. The summed E-state index contributed by atoms with van der Waals surface area (Å²) in [5, 5.41) is 3.37. The number of hydrogen-bond acceptors (Lipinski definition) is 9. The lowest BCUT2D eigenvalue weighted by Gasteiger charge is -2.37. The van der Waals surface area contributed by atoms with E-state index in [4.69, 9.17) is 28.4 Å². The van der Waals surface area contributed by atoms with Crippen LogP contribution >= 0.6 is 0 Å². The Bertz CT molecular complexity index is 1310. The number of dihydropyridines is 1. The summed E-state index contributed by atoms with van der Waals surface area (Å²) < 4.78 is 32.7. The van der Waals surface area contributed by atoms with Gasteiger partial charge in [0.2, 0.25) is 0 Å². The lowest BCUT2D eigenvalue weighted by atomic mass is 9.71. The number of hydrogen-bond donors (Lipinski definition) is 1. The van der Waals surface area contributed by atoms with Crippen LogP contribution in [0.1, 0.15) is 42.7 Å². The molecule has 9 nitrogen and oxygen atoms in total. The number of methoxy groups -OCH3 is 5. The van der Waals surface area contributed by atoms with Crippen LogP contribution in [0.25, 0.3) is 0 Å². The lowest BCUT2D eigenvalue weighted by Crippen LogP contribution is -2.36. The maximum absolute atomic E-state index is 13.9. The molecule has 39 heavy (non-hydrogen) atoms. The van der Waals surface area contributed by atoms with Gasteiger partial charge in [0, 0.05) is 36.1 Å². The van der Waals surface area contributed by atoms with Crippen molar-refractivity contribution in [2.75, 3.05) is 48.8 Å². The molecular formula is C30H35NO8. The molecule has 1 N–H and O–H groups in total. The lowest BCUT2D eigenvalue weighted by molar-refractivity contribution is -0.140. The maximum Gasteiger partial charge on any atom is 0.336 e. The van der Waals surface area contributed by atoms with Crippen molar-refractivity contribution in [2.24, 2.45) is 0 Å². The molecule has 0 saturated heterocycles. The van der Waals surface area contributed by atoms with Gasteiger partial charge in [-0.2, -0.15) is 0 Å². The Hall–Kier alpha value is -3.98. The molecule has 4 rings (SSSR count). The van der Waals surface area contributed by atoms with Crippen LogP contribution in [0.3, 0.4) is 0 Å². The Morgan fingerprint density at radius 3 is 2.31 bits per heavy atom. The molecular weight excluding hydrogens is 502 g/mol. The number of esters is 1. The van der Waals surface area contributed by atoms with Crippen LogP contribution in [-0.2, 0) is 19.1 Å². The van der Waals surface area contributed by atoms with E-state index in [-0.39, 0.29) is 31.3 Å². The molecule has 0 amide bonds. The van der Waals surface area contributed by atoms with Gasteiger partial charge in [-0.25, -0.2) is 4.79 Å². The fourth-order valence-corrected chi connectivity index (χ4v) is 5.40. The number of ketones is 1. The number of para-hydroxylation sites is 1. The summed E-state index contributed by atoms with van der Waals surface area (Å²) in [5.41, 5.74) is 3.90. The van der Waals surface area contributed by atoms with Crippen LogP contribution in [0.5, 0.6) is 23.0 Å². The highest BCUT2D eigenvalue weighted by atomic mass is 16.6. The normalized spacial score (nSPS) is 18.8. The van der Waals surface area contributed by atoms with Gasteiger partial charge in [-0.1, -0.05) is 18.2 Å². The highest BCUT2D eigenvalue weighted by Gasteiger charge is 2.43. The van der Waals surface area contributed by atoms with Gasteiger partial charge >= 0.3 is 5.97 Å². The second kappa shape index (κ2) is 12.3. The third-order valence-electron chi connectivity index (χ3n) is 7.19. The van der Waals surface area contributed by atoms with Crippen molar-refractivity contribution in [1.29, 1.82) is 0 Å². The van der Waals surface area contributed by atoms with E-state index < -0.39 is 11.9 Å². The zero-order valence-electron chi connectivity index (χ0n) is 23.2. The minimum absolute atomic E-state index is 0.0619. The zero-order chi connectivity index (χ0) is 28.1. The van der Waals surface area contributed by atoms with E-state index in [2.05, 4.69) is 5.32 Å². The molecule has 9 heteroatoms. The monoisotopic (exact) mass is 537 g/mol. The van der Waals surface area contributed by atoms with Gasteiger partial charge in [-0.15, -0.1) is 0 Å². The van der Waals surface area contributed by atoms with E-state index >= 15 is 0 Å². The van der Waals surface area contributed by atoms with Gasteiger partial charge in [0.05, 0.1) is 46.5 Å². The highest BCUT2D eigenvalue weighted by Crippen LogP contribution is 2.49. The van der Waals surface area contributed by atoms with Crippen LogP contribution in [0.2, 0.25) is 0 Å². The van der Waals surface area contributed by atoms with Crippen LogP contribution in [0, 0.1) is 0 Å². The molecule has 2 aliphatic rings. The molecule has 0 spiro atoms. The van der Waals surface area contributed by atoms with Crippen molar-refractivity contribution < 1.29 is 38.0 Å². The summed E-state index contributed by atoms with van der Waals surface area (Å²) in [4.78, 5) is 27.4. The van der Waals surface area contributed by atoms with Crippen molar-refractivity contribution >= 4 is 11.8 Å². The molecule has 0 aromatic heterocycles. The first kappa shape index (κ1) is 28.0. The molecule has 1 aliphatic heterocycles. The molecule has 0 bridgehead atoms. The molecule has 2 aromatic carbocycles. The largest absolute Gasteiger partial charge is 0.493 e. The second-order valence-corrected chi connectivity index (χ2v) is 9.34. The molecule has 1 aliphatic carbocycles. The molecule has 2 unspecified atom stereocenters. The Labute approximate surface area is 228 Å². The molecule has 2 atom stereocenters. The molecule has 0 saturated carbocycles. The van der Waals surface area contributed by atoms with Crippen molar-refractivity contribution in [3.63, 3.8) is 0 Å². The summed E-state index contributed by atoms with van der Waals surface area (Å²) in [7, 11) is 7.81. The average Bonchev–Trinajstić information content (AvgIpc) is 2.95. The van der Waals surface area contributed by atoms with Crippen LogP contribution < -0.4 is 24.3 Å². The van der Waals surface area contributed by atoms with E-state index in [0.29, 0.717) is 51.8 Å². The first-order valence-electron chi connectivity index (χ1n) is 12.7. The predicted octanol–water partition coefficient (Wildman–Crippen LogP) is 4.27. The Morgan fingerprint density at radius 2 is 1.64 bits per heavy atom. The van der Waals surface area contributed by atoms with E-state index in [1.165, 1.54) is 7.11 Å². The summed E-state index contributed by atoms with van der Waals surface area (Å²) in [6.45, 7) is 2.18. The molecule has 0 radical (unpaired) electrons. The van der Waals surface area contributed by atoms with Crippen LogP contribution in [0.4, 0.5) is 0 Å². The number of ether oxygens (including phenoxy) is 6. The minimum Gasteiger partial charge on any atom is -0.493 e. The van der Waals surface area contributed by atoms with E-state index in [9.17, 15) is 9.59 Å². The fraction of sp³-hybridized carbons (Fsp3) is 0.400. The van der Waals surface area contributed by atoms with Gasteiger partial charge in [0.15, 0.2) is 28.8 Å². The van der Waals surface area contributed by atoms with Gasteiger partial charge in [-0.05, 0) is 43.0 Å². The Morgan fingerprint density at radius 1 is 0.897 bits per heavy atom. The third-order valence-corrected chi connectivity index (χ3v) is 7.19. The number of Topliss-reactive ketones (excluding diaryl/α,β-unsaturated/α-hetero) is 1. The minimum atomic E-state index is -0.694. The smallest absolute Gasteiger partial charge is 0.336 e. The standard InChI is InChI=1S/C30H35NO8/c1-17-26(30(33)39-13-12-34-2)27(20-8-7-9-24(36-4)29(20)38-6)28-21(31-17)14-19(15-22(28)32)18-10-11-23(35-3)25(16-18)37-5/h7-11,16,19,27,31H,12-15H2,1-6H3. The summed E-state index contributed by atoms with van der Waals surface area (Å²) >= 11 is 0. The molecule has 2 aromatic rings. The van der Waals surface area contributed by atoms with E-state index in [0.717, 1.165) is 11.3 Å².